The molecule has 3 rings (SSSR count). The highest BCUT2D eigenvalue weighted by atomic mass is 35.5. The predicted molar refractivity (Wildman–Crippen MR) is 101 cm³/mol. The maximum Gasteiger partial charge on any atom is 0.309 e. The summed E-state index contributed by atoms with van der Waals surface area (Å²) in [5.41, 5.74) is 1.06. The van der Waals surface area contributed by atoms with E-state index in [9.17, 15) is 13.2 Å². The van der Waals surface area contributed by atoms with Crippen LogP contribution in [0.3, 0.4) is 0 Å². The van der Waals surface area contributed by atoms with E-state index < -0.39 is 10.2 Å². The van der Waals surface area contributed by atoms with Crippen molar-refractivity contribution in [3.63, 3.8) is 0 Å². The van der Waals surface area contributed by atoms with Gasteiger partial charge in [-0.1, -0.05) is 41.9 Å². The fraction of sp³-hybridized carbons (Fsp3) is 0.118. The van der Waals surface area contributed by atoms with Crippen molar-refractivity contribution >= 4 is 44.8 Å². The third-order valence-corrected chi connectivity index (χ3v) is 5.91. The number of carbonyl (C=O) groups excluding carboxylic acids is 1. The number of hydrogen-bond donors (Lipinski definition) is 1. The summed E-state index contributed by atoms with van der Waals surface area (Å²) in [5.74, 6) is -0.405. The Kier molecular flexibility index (Phi) is 4.66. The van der Waals surface area contributed by atoms with Crippen LogP contribution in [0.4, 0.5) is 0 Å². The van der Waals surface area contributed by atoms with Crippen LogP contribution in [0.1, 0.15) is 21.7 Å². The summed E-state index contributed by atoms with van der Waals surface area (Å²) < 4.78 is 27.2. The average molecular weight is 391 g/mol. The summed E-state index contributed by atoms with van der Waals surface area (Å²) in [6, 6.07) is 11.4. The van der Waals surface area contributed by atoms with Gasteiger partial charge >= 0.3 is 10.2 Å². The molecule has 1 heterocycles. The molecule has 9 heteroatoms. The minimum Gasteiger partial charge on any atom is -0.305 e. The van der Waals surface area contributed by atoms with Gasteiger partial charge < -0.3 is 5.41 Å². The van der Waals surface area contributed by atoms with Crippen LogP contribution in [0.2, 0.25) is 5.02 Å². The van der Waals surface area contributed by atoms with Gasteiger partial charge in [0.1, 0.15) is 0 Å². The molecular weight excluding hydrogens is 376 g/mol. The van der Waals surface area contributed by atoms with Crippen LogP contribution in [0, 0.1) is 5.41 Å². The molecule has 0 fully saturated rings. The van der Waals surface area contributed by atoms with Crippen LogP contribution in [0.5, 0.6) is 0 Å². The number of aromatic nitrogens is 2. The van der Waals surface area contributed by atoms with Gasteiger partial charge in [-0.25, -0.2) is 8.96 Å². The highest BCUT2D eigenvalue weighted by Crippen LogP contribution is 2.28. The topological polar surface area (TPSA) is 96.1 Å². The van der Waals surface area contributed by atoms with Gasteiger partial charge in [-0.05, 0) is 12.1 Å². The Balaban J connectivity index is 2.31. The van der Waals surface area contributed by atoms with E-state index in [2.05, 4.69) is 4.98 Å². The fourth-order valence-corrected chi connectivity index (χ4v) is 3.81. The minimum atomic E-state index is -3.94. The number of carbonyl (C=O) groups is 1. The van der Waals surface area contributed by atoms with Crippen LogP contribution in [0.25, 0.3) is 11.0 Å². The molecule has 0 aliphatic carbocycles. The van der Waals surface area contributed by atoms with Gasteiger partial charge in [0, 0.05) is 25.2 Å². The molecule has 26 heavy (non-hydrogen) atoms. The highest BCUT2D eigenvalue weighted by Gasteiger charge is 2.25. The van der Waals surface area contributed by atoms with Crippen LogP contribution in [0.15, 0.2) is 42.5 Å². The lowest BCUT2D eigenvalue weighted by atomic mass is 10.0. The third kappa shape index (κ3) is 2.92. The number of fused-ring (bicyclic) bond motifs is 1. The van der Waals surface area contributed by atoms with E-state index in [0.29, 0.717) is 5.56 Å². The van der Waals surface area contributed by atoms with Gasteiger partial charge in [-0.3, -0.25) is 4.79 Å². The normalized spacial score (nSPS) is 11.8. The van der Waals surface area contributed by atoms with E-state index >= 15 is 0 Å². The molecule has 7 nitrogen and oxygen atoms in total. The molecule has 0 saturated heterocycles. The Morgan fingerprint density at radius 2 is 1.88 bits per heavy atom. The van der Waals surface area contributed by atoms with Gasteiger partial charge in [0.2, 0.25) is 0 Å². The molecule has 0 saturated carbocycles. The summed E-state index contributed by atoms with van der Waals surface area (Å²) in [7, 11) is -1.19. The third-order valence-electron chi connectivity index (χ3n) is 3.83. The number of hydrogen-bond acceptors (Lipinski definition) is 5. The van der Waals surface area contributed by atoms with Gasteiger partial charge in [0.25, 0.3) is 0 Å². The van der Waals surface area contributed by atoms with E-state index in [1.54, 1.807) is 30.3 Å². The molecule has 0 amide bonds. The van der Waals surface area contributed by atoms with Gasteiger partial charge in [0.05, 0.1) is 22.3 Å². The number of halogens is 1. The summed E-state index contributed by atoms with van der Waals surface area (Å²) in [4.78, 5) is 16.9. The largest absolute Gasteiger partial charge is 0.309 e. The van der Waals surface area contributed by atoms with E-state index in [-0.39, 0.29) is 33.2 Å². The van der Waals surface area contributed by atoms with Gasteiger partial charge in [0.15, 0.2) is 11.6 Å². The molecule has 2 aromatic carbocycles. The van der Waals surface area contributed by atoms with Crippen molar-refractivity contribution in [2.45, 2.75) is 0 Å². The molecule has 134 valence electrons. The Labute approximate surface area is 155 Å². The Morgan fingerprint density at radius 1 is 1.23 bits per heavy atom. The summed E-state index contributed by atoms with van der Waals surface area (Å²) in [6.07, 6.45) is 0.841. The van der Waals surface area contributed by atoms with Gasteiger partial charge in [-0.2, -0.15) is 12.7 Å². The van der Waals surface area contributed by atoms with Crippen LogP contribution in [-0.2, 0) is 10.2 Å². The van der Waals surface area contributed by atoms with Crippen molar-refractivity contribution in [3.05, 3.63) is 64.4 Å². The first kappa shape index (κ1) is 18.2. The molecule has 0 aliphatic rings. The average Bonchev–Trinajstić information content (AvgIpc) is 2.99. The first-order chi connectivity index (χ1) is 12.3. The zero-order chi connectivity index (χ0) is 19.1. The monoisotopic (exact) mass is 390 g/mol. The molecule has 0 aliphatic heterocycles. The number of rotatable bonds is 5. The fourth-order valence-electron chi connectivity index (χ4n) is 2.51. The quantitative estimate of drug-likeness (QED) is 0.535. The van der Waals surface area contributed by atoms with E-state index in [1.165, 1.54) is 26.2 Å². The van der Waals surface area contributed by atoms with Crippen molar-refractivity contribution in [3.8, 4) is 0 Å². The SMILES string of the molecule is CN(C)S(=O)(=O)n1c(C=N)nc2cc(Cl)c(C(=O)c3ccccc3)cc21. The molecule has 3 aromatic rings. The molecule has 0 radical (unpaired) electrons. The predicted octanol–water partition coefficient (Wildman–Crippen LogP) is 2.57. The van der Waals surface area contributed by atoms with E-state index in [4.69, 9.17) is 17.0 Å². The van der Waals surface area contributed by atoms with Crippen molar-refractivity contribution in [1.82, 2.24) is 13.3 Å². The second-order valence-electron chi connectivity index (χ2n) is 5.68. The van der Waals surface area contributed by atoms with Crippen molar-refractivity contribution in [2.24, 2.45) is 0 Å². The molecule has 1 aromatic heterocycles. The molecule has 0 bridgehead atoms. The Bertz CT molecular complexity index is 1120. The lowest BCUT2D eigenvalue weighted by molar-refractivity contribution is 0.103. The summed E-state index contributed by atoms with van der Waals surface area (Å²) in [5, 5.41) is 7.63. The first-order valence-corrected chi connectivity index (χ1v) is 9.30. The molecule has 1 N–H and O–H groups in total. The zero-order valence-electron chi connectivity index (χ0n) is 14.0. The number of nitrogens with one attached hydrogen (secondary N) is 1. The summed E-state index contributed by atoms with van der Waals surface area (Å²) >= 11 is 6.24. The van der Waals surface area contributed by atoms with Gasteiger partial charge in [-0.15, -0.1) is 0 Å². The highest BCUT2D eigenvalue weighted by molar-refractivity contribution is 7.87. The van der Waals surface area contributed by atoms with Crippen molar-refractivity contribution in [2.75, 3.05) is 14.1 Å². The second kappa shape index (κ2) is 6.64. The zero-order valence-corrected chi connectivity index (χ0v) is 15.5. The van der Waals surface area contributed by atoms with E-state index in [0.717, 1.165) is 14.5 Å². The number of nitrogens with zero attached hydrogens (tertiary/aromatic N) is 3. The summed E-state index contributed by atoms with van der Waals surface area (Å²) in [6.45, 7) is 0. The standard InChI is InChI=1S/C17H15ClN4O3S/c1-21(2)26(24,25)22-15-8-12(17(23)11-6-4-3-5-7-11)13(18)9-14(15)20-16(22)10-19/h3-10,19H,1-2H3. The van der Waals surface area contributed by atoms with Crippen molar-refractivity contribution < 1.29 is 13.2 Å². The van der Waals surface area contributed by atoms with Crippen LogP contribution >= 0.6 is 11.6 Å². The number of imidazole rings is 1. The Morgan fingerprint density at radius 3 is 2.46 bits per heavy atom. The van der Waals surface area contributed by atoms with Crippen molar-refractivity contribution in [1.29, 1.82) is 5.41 Å². The molecular formula is C17H15ClN4O3S. The number of benzene rings is 2. The van der Waals surface area contributed by atoms with E-state index in [1.807, 2.05) is 0 Å². The molecule has 0 unspecified atom stereocenters. The van der Waals surface area contributed by atoms with Crippen LogP contribution < -0.4 is 0 Å². The maximum absolute atomic E-state index is 12.8. The smallest absolute Gasteiger partial charge is 0.305 e. The first-order valence-electron chi connectivity index (χ1n) is 7.52. The Hall–Kier alpha value is -2.55. The minimum absolute atomic E-state index is 0.0749. The second-order valence-corrected chi connectivity index (χ2v) is 8.08. The lowest BCUT2D eigenvalue weighted by Crippen LogP contribution is -2.30. The van der Waals surface area contributed by atoms with Crippen LogP contribution in [-0.4, -0.2) is 47.8 Å². The molecule has 0 atom stereocenters. The number of ketones is 1. The molecule has 0 spiro atoms. The maximum atomic E-state index is 12.8. The lowest BCUT2D eigenvalue weighted by Gasteiger charge is -2.14.